The third kappa shape index (κ3) is 3.62. The van der Waals surface area contributed by atoms with Crippen molar-refractivity contribution in [2.75, 3.05) is 6.54 Å². The summed E-state index contributed by atoms with van der Waals surface area (Å²) in [5, 5.41) is 11.8. The van der Waals surface area contributed by atoms with E-state index in [2.05, 4.69) is 5.32 Å². The minimum absolute atomic E-state index is 0.0561. The lowest BCUT2D eigenvalue weighted by Gasteiger charge is -2.27. The number of carbonyl (C=O) groups is 3. The highest BCUT2D eigenvalue weighted by Gasteiger charge is 2.32. The van der Waals surface area contributed by atoms with E-state index in [1.54, 1.807) is 25.1 Å². The number of hydrogen-bond donors (Lipinski definition) is 2. The van der Waals surface area contributed by atoms with Crippen LogP contribution in [0.5, 0.6) is 0 Å². The highest BCUT2D eigenvalue weighted by molar-refractivity contribution is 7.80. The lowest BCUT2D eigenvalue weighted by molar-refractivity contribution is -0.128. The number of nitrogens with zero attached hydrogens (tertiary/aromatic N) is 1. The number of aromatic carboxylic acids is 1. The fourth-order valence-corrected chi connectivity index (χ4v) is 3.05. The first-order chi connectivity index (χ1) is 12.8. The molecular formula is C18H13ClN2O5S. The molecule has 1 aromatic heterocycles. The van der Waals surface area contributed by atoms with Gasteiger partial charge in [0.05, 0.1) is 10.6 Å². The van der Waals surface area contributed by atoms with Crippen molar-refractivity contribution in [2.24, 2.45) is 0 Å². The number of carboxylic acid groups (broad SMARTS) is 1. The molecule has 1 aliphatic rings. The molecule has 138 valence electrons. The minimum atomic E-state index is -1.16. The van der Waals surface area contributed by atoms with E-state index in [1.807, 2.05) is 0 Å². The Morgan fingerprint density at radius 3 is 2.74 bits per heavy atom. The van der Waals surface area contributed by atoms with Crippen LogP contribution < -0.4 is 5.32 Å². The monoisotopic (exact) mass is 404 g/mol. The van der Waals surface area contributed by atoms with Crippen LogP contribution in [0, 0.1) is 0 Å². The third-order valence-electron chi connectivity index (χ3n) is 3.90. The summed E-state index contributed by atoms with van der Waals surface area (Å²) < 4.78 is 5.64. The van der Waals surface area contributed by atoms with Crippen LogP contribution in [0.3, 0.4) is 0 Å². The first-order valence-corrected chi connectivity index (χ1v) is 8.62. The molecular weight excluding hydrogens is 392 g/mol. The van der Waals surface area contributed by atoms with Gasteiger partial charge in [0.25, 0.3) is 11.8 Å². The van der Waals surface area contributed by atoms with Crippen molar-refractivity contribution >= 4 is 52.8 Å². The summed E-state index contributed by atoms with van der Waals surface area (Å²) in [5.41, 5.74) is 0.338. The molecule has 2 N–H and O–H groups in total. The molecule has 0 radical (unpaired) electrons. The van der Waals surface area contributed by atoms with Crippen LogP contribution in [0.1, 0.15) is 23.0 Å². The van der Waals surface area contributed by atoms with E-state index < -0.39 is 17.8 Å². The average Bonchev–Trinajstić information content (AvgIpc) is 3.07. The number of thiocarbonyl (C=S) groups is 1. The Labute approximate surface area is 164 Å². The maximum Gasteiger partial charge on any atom is 0.337 e. The molecule has 3 rings (SSSR count). The van der Waals surface area contributed by atoms with Crippen molar-refractivity contribution in [1.82, 2.24) is 10.2 Å². The Morgan fingerprint density at radius 2 is 2.07 bits per heavy atom. The van der Waals surface area contributed by atoms with Gasteiger partial charge in [0.1, 0.15) is 17.1 Å². The minimum Gasteiger partial charge on any atom is -0.478 e. The van der Waals surface area contributed by atoms with E-state index in [0.717, 1.165) is 0 Å². The van der Waals surface area contributed by atoms with E-state index in [-0.39, 0.29) is 27.0 Å². The van der Waals surface area contributed by atoms with Gasteiger partial charge in [-0.3, -0.25) is 19.8 Å². The quantitative estimate of drug-likeness (QED) is 0.461. The van der Waals surface area contributed by atoms with Gasteiger partial charge in [0.15, 0.2) is 5.11 Å². The summed E-state index contributed by atoms with van der Waals surface area (Å²) in [6.07, 6.45) is 1.32. The van der Waals surface area contributed by atoms with Crippen LogP contribution in [-0.2, 0) is 9.59 Å². The number of carbonyl (C=O) groups excluding carboxylic acids is 2. The molecule has 0 aliphatic carbocycles. The normalized spacial score (nSPS) is 16.0. The zero-order chi connectivity index (χ0) is 19.7. The van der Waals surface area contributed by atoms with Crippen LogP contribution in [-0.4, -0.2) is 39.4 Å². The smallest absolute Gasteiger partial charge is 0.337 e. The maximum atomic E-state index is 12.4. The molecule has 9 heteroatoms. The number of carboxylic acids is 1. The summed E-state index contributed by atoms with van der Waals surface area (Å²) in [6, 6.07) is 7.63. The fraction of sp³-hybridized carbons (Fsp3) is 0.111. The molecule has 1 saturated heterocycles. The predicted octanol–water partition coefficient (Wildman–Crippen LogP) is 2.94. The number of halogens is 1. The van der Waals surface area contributed by atoms with E-state index in [4.69, 9.17) is 33.3 Å². The number of benzene rings is 1. The lowest BCUT2D eigenvalue weighted by Crippen LogP contribution is -2.53. The topological polar surface area (TPSA) is 99.8 Å². The number of rotatable bonds is 4. The molecule has 0 bridgehead atoms. The van der Waals surface area contributed by atoms with Gasteiger partial charge in [0.2, 0.25) is 0 Å². The van der Waals surface area contributed by atoms with Crippen LogP contribution in [0.4, 0.5) is 0 Å². The first kappa shape index (κ1) is 18.8. The van der Waals surface area contributed by atoms with Gasteiger partial charge in [-0.15, -0.1) is 0 Å². The van der Waals surface area contributed by atoms with E-state index >= 15 is 0 Å². The number of nitrogens with one attached hydrogen (secondary N) is 1. The molecule has 1 fully saturated rings. The van der Waals surface area contributed by atoms with Gasteiger partial charge in [-0.2, -0.15) is 0 Å². The van der Waals surface area contributed by atoms with Crippen LogP contribution in [0.15, 0.2) is 40.3 Å². The predicted molar refractivity (Wildman–Crippen MR) is 102 cm³/mol. The summed E-state index contributed by atoms with van der Waals surface area (Å²) in [6.45, 7) is 2.06. The third-order valence-corrected chi connectivity index (χ3v) is 4.55. The highest BCUT2D eigenvalue weighted by Crippen LogP contribution is 2.28. The summed E-state index contributed by atoms with van der Waals surface area (Å²) in [7, 11) is 0. The number of hydrogen-bond acceptors (Lipinski definition) is 5. The average molecular weight is 405 g/mol. The SMILES string of the molecule is CCN1C(=O)/C(=C\c2ccc(-c3ccc(Cl)c(C(=O)O)c3)o2)C(=O)NC1=S. The van der Waals surface area contributed by atoms with Gasteiger partial charge in [-0.05, 0) is 55.5 Å². The molecule has 7 nitrogen and oxygen atoms in total. The van der Waals surface area contributed by atoms with Crippen molar-refractivity contribution in [1.29, 1.82) is 0 Å². The molecule has 0 spiro atoms. The van der Waals surface area contributed by atoms with Crippen LogP contribution in [0.2, 0.25) is 5.02 Å². The van der Waals surface area contributed by atoms with E-state index in [1.165, 1.54) is 23.1 Å². The standard InChI is InChI=1S/C18H13ClN2O5S/c1-2-21-16(23)12(15(22)20-18(21)27)8-10-4-6-14(26-10)9-3-5-13(19)11(7-9)17(24)25/h3-8H,2H2,1H3,(H,24,25)(H,20,22,27)/b12-8-. The molecule has 1 aromatic carbocycles. The summed E-state index contributed by atoms with van der Waals surface area (Å²) in [5.74, 6) is -1.64. The zero-order valence-corrected chi connectivity index (χ0v) is 15.6. The fourth-order valence-electron chi connectivity index (χ4n) is 2.55. The number of amides is 2. The molecule has 1 aliphatic heterocycles. The molecule has 0 saturated carbocycles. The summed E-state index contributed by atoms with van der Waals surface area (Å²) in [4.78, 5) is 37.0. The van der Waals surface area contributed by atoms with Gasteiger partial charge in [0, 0.05) is 12.1 Å². The van der Waals surface area contributed by atoms with Gasteiger partial charge >= 0.3 is 5.97 Å². The van der Waals surface area contributed by atoms with Crippen molar-refractivity contribution in [3.05, 3.63) is 52.3 Å². The van der Waals surface area contributed by atoms with Crippen molar-refractivity contribution in [2.45, 2.75) is 6.92 Å². The van der Waals surface area contributed by atoms with Crippen LogP contribution in [0.25, 0.3) is 17.4 Å². The second-order valence-electron chi connectivity index (χ2n) is 5.57. The van der Waals surface area contributed by atoms with E-state index in [0.29, 0.717) is 17.9 Å². The second-order valence-corrected chi connectivity index (χ2v) is 6.36. The van der Waals surface area contributed by atoms with Crippen LogP contribution >= 0.6 is 23.8 Å². The van der Waals surface area contributed by atoms with Crippen molar-refractivity contribution in [3.8, 4) is 11.3 Å². The zero-order valence-electron chi connectivity index (χ0n) is 14.0. The number of likely N-dealkylation sites (N-methyl/N-ethyl adjacent to an activating group) is 1. The Morgan fingerprint density at radius 1 is 1.33 bits per heavy atom. The van der Waals surface area contributed by atoms with Gasteiger partial charge in [-0.1, -0.05) is 11.6 Å². The Balaban J connectivity index is 1.94. The number of furan rings is 1. The molecule has 0 atom stereocenters. The molecule has 2 heterocycles. The van der Waals surface area contributed by atoms with Crippen molar-refractivity contribution < 1.29 is 23.9 Å². The summed E-state index contributed by atoms with van der Waals surface area (Å²) >= 11 is 10.8. The van der Waals surface area contributed by atoms with Crippen molar-refractivity contribution in [3.63, 3.8) is 0 Å². The highest BCUT2D eigenvalue weighted by atomic mass is 35.5. The Hall–Kier alpha value is -2.97. The maximum absolute atomic E-state index is 12.4. The van der Waals surface area contributed by atoms with E-state index in [9.17, 15) is 14.4 Å². The molecule has 2 amide bonds. The van der Waals surface area contributed by atoms with Gasteiger partial charge in [-0.25, -0.2) is 4.79 Å². The molecule has 2 aromatic rings. The molecule has 0 unspecified atom stereocenters. The molecule has 27 heavy (non-hydrogen) atoms. The van der Waals surface area contributed by atoms with Gasteiger partial charge < -0.3 is 9.52 Å². The second kappa shape index (κ2) is 7.34. The Kier molecular flexibility index (Phi) is 5.11. The first-order valence-electron chi connectivity index (χ1n) is 7.83. The largest absolute Gasteiger partial charge is 0.478 e. The lowest BCUT2D eigenvalue weighted by atomic mass is 10.1. The Bertz CT molecular complexity index is 1010.